The van der Waals surface area contributed by atoms with E-state index < -0.39 is 0 Å². The summed E-state index contributed by atoms with van der Waals surface area (Å²) < 4.78 is 0. The number of aromatic nitrogens is 1. The van der Waals surface area contributed by atoms with E-state index >= 15 is 0 Å². The highest BCUT2D eigenvalue weighted by molar-refractivity contribution is 5.63. The Labute approximate surface area is 90.0 Å². The van der Waals surface area contributed by atoms with Crippen LogP contribution >= 0.6 is 0 Å². The van der Waals surface area contributed by atoms with Crippen LogP contribution in [0, 0.1) is 6.92 Å². The van der Waals surface area contributed by atoms with E-state index in [0.717, 1.165) is 11.4 Å². The van der Waals surface area contributed by atoms with Crippen LogP contribution in [0.3, 0.4) is 0 Å². The average molecular weight is 198 g/mol. The van der Waals surface area contributed by atoms with Crippen LogP contribution in [0.4, 0.5) is 5.82 Å². The van der Waals surface area contributed by atoms with Gasteiger partial charge < -0.3 is 5.32 Å². The molecule has 1 heterocycles. The molecule has 0 fully saturated rings. The Kier molecular flexibility index (Phi) is 2.68. The predicted molar refractivity (Wildman–Crippen MR) is 64.0 cm³/mol. The smallest absolute Gasteiger partial charge is 0.125 e. The van der Waals surface area contributed by atoms with Gasteiger partial charge in [-0.05, 0) is 24.6 Å². The molecule has 0 unspecified atom stereocenters. The highest BCUT2D eigenvalue weighted by Crippen LogP contribution is 2.19. The molecule has 2 rings (SSSR count). The summed E-state index contributed by atoms with van der Waals surface area (Å²) in [5.74, 6) is 0.894. The van der Waals surface area contributed by atoms with Crippen LogP contribution in [0.1, 0.15) is 5.56 Å². The summed E-state index contributed by atoms with van der Waals surface area (Å²) in [6, 6.07) is 12.5. The second-order valence-corrected chi connectivity index (χ2v) is 3.55. The number of hydrogen-bond acceptors (Lipinski definition) is 2. The quantitative estimate of drug-likeness (QED) is 0.802. The third-order valence-corrected chi connectivity index (χ3v) is 2.40. The lowest BCUT2D eigenvalue weighted by Crippen LogP contribution is -1.91. The zero-order valence-electron chi connectivity index (χ0n) is 8.99. The van der Waals surface area contributed by atoms with E-state index in [9.17, 15) is 0 Å². The van der Waals surface area contributed by atoms with Gasteiger partial charge in [0.2, 0.25) is 0 Å². The van der Waals surface area contributed by atoms with Gasteiger partial charge in [-0.3, -0.25) is 0 Å². The number of hydrogen-bond donors (Lipinski definition) is 1. The maximum atomic E-state index is 4.28. The van der Waals surface area contributed by atoms with Crippen LogP contribution in [0.15, 0.2) is 42.6 Å². The number of rotatable bonds is 2. The molecule has 1 N–H and O–H groups in total. The fraction of sp³-hybridized carbons (Fsp3) is 0.154. The fourth-order valence-electron chi connectivity index (χ4n) is 1.46. The molecule has 0 amide bonds. The summed E-state index contributed by atoms with van der Waals surface area (Å²) in [7, 11) is 1.87. The van der Waals surface area contributed by atoms with Gasteiger partial charge in [0.25, 0.3) is 0 Å². The molecule has 0 aliphatic rings. The molecule has 2 heteroatoms. The Bertz CT molecular complexity index is 429. The van der Waals surface area contributed by atoms with Crippen molar-refractivity contribution in [3.8, 4) is 11.1 Å². The third-order valence-electron chi connectivity index (χ3n) is 2.40. The monoisotopic (exact) mass is 198 g/mol. The van der Waals surface area contributed by atoms with Crippen LogP contribution in [0.25, 0.3) is 11.1 Å². The van der Waals surface area contributed by atoms with Gasteiger partial charge in [0.1, 0.15) is 5.82 Å². The molecule has 1 aromatic carbocycles. The molecule has 0 saturated carbocycles. The molecule has 0 spiro atoms. The molecular weight excluding hydrogens is 184 g/mol. The Morgan fingerprint density at radius 1 is 0.933 bits per heavy atom. The van der Waals surface area contributed by atoms with Crippen molar-refractivity contribution in [3.05, 3.63) is 48.2 Å². The minimum absolute atomic E-state index is 0.894. The van der Waals surface area contributed by atoms with Gasteiger partial charge in [-0.15, -0.1) is 0 Å². The summed E-state index contributed by atoms with van der Waals surface area (Å²) in [4.78, 5) is 4.28. The molecule has 2 nitrogen and oxygen atoms in total. The first kappa shape index (κ1) is 9.71. The summed E-state index contributed by atoms with van der Waals surface area (Å²) in [6.45, 7) is 2.09. The Hall–Kier alpha value is -1.83. The van der Waals surface area contributed by atoms with Gasteiger partial charge >= 0.3 is 0 Å². The summed E-state index contributed by atoms with van der Waals surface area (Å²) in [5.41, 5.74) is 3.63. The van der Waals surface area contributed by atoms with E-state index in [0.29, 0.717) is 0 Å². The number of nitrogens with one attached hydrogen (secondary N) is 1. The molecule has 2 aromatic rings. The number of anilines is 1. The molecule has 0 aliphatic heterocycles. The van der Waals surface area contributed by atoms with Gasteiger partial charge in [-0.25, -0.2) is 4.98 Å². The lowest BCUT2D eigenvalue weighted by molar-refractivity contribution is 1.29. The number of nitrogens with zero attached hydrogens (tertiary/aromatic N) is 1. The van der Waals surface area contributed by atoms with Crippen LogP contribution in [0.2, 0.25) is 0 Å². The minimum atomic E-state index is 0.894. The van der Waals surface area contributed by atoms with E-state index in [4.69, 9.17) is 0 Å². The predicted octanol–water partition coefficient (Wildman–Crippen LogP) is 3.10. The van der Waals surface area contributed by atoms with Crippen LogP contribution in [-0.4, -0.2) is 12.0 Å². The zero-order valence-corrected chi connectivity index (χ0v) is 8.99. The molecule has 0 bridgehead atoms. The van der Waals surface area contributed by atoms with Crippen molar-refractivity contribution in [2.24, 2.45) is 0 Å². The lowest BCUT2D eigenvalue weighted by Gasteiger charge is -2.03. The molecule has 0 atom stereocenters. The summed E-state index contributed by atoms with van der Waals surface area (Å²) in [5, 5.41) is 3.00. The molecule has 76 valence electrons. The van der Waals surface area contributed by atoms with Gasteiger partial charge in [-0.2, -0.15) is 0 Å². The van der Waals surface area contributed by atoms with E-state index in [2.05, 4.69) is 47.6 Å². The maximum absolute atomic E-state index is 4.28. The van der Waals surface area contributed by atoms with Crippen molar-refractivity contribution in [3.63, 3.8) is 0 Å². The third kappa shape index (κ3) is 2.15. The minimum Gasteiger partial charge on any atom is -0.373 e. The Balaban J connectivity index is 2.33. The van der Waals surface area contributed by atoms with Crippen molar-refractivity contribution < 1.29 is 0 Å². The van der Waals surface area contributed by atoms with Gasteiger partial charge in [-0.1, -0.05) is 29.8 Å². The SMILES string of the molecule is CNc1ccc(-c2ccc(C)cc2)cn1. The molecular formula is C13H14N2. The lowest BCUT2D eigenvalue weighted by atomic mass is 10.1. The average Bonchev–Trinajstić information content (AvgIpc) is 2.30. The van der Waals surface area contributed by atoms with Crippen molar-refractivity contribution in [1.29, 1.82) is 0 Å². The van der Waals surface area contributed by atoms with Crippen LogP contribution < -0.4 is 5.32 Å². The van der Waals surface area contributed by atoms with Gasteiger partial charge in [0, 0.05) is 18.8 Å². The topological polar surface area (TPSA) is 24.9 Å². The summed E-state index contributed by atoms with van der Waals surface area (Å²) >= 11 is 0. The number of benzene rings is 1. The van der Waals surface area contributed by atoms with Crippen LogP contribution in [-0.2, 0) is 0 Å². The first-order valence-electron chi connectivity index (χ1n) is 5.00. The zero-order chi connectivity index (χ0) is 10.7. The Morgan fingerprint density at radius 3 is 2.13 bits per heavy atom. The van der Waals surface area contributed by atoms with Crippen molar-refractivity contribution in [2.45, 2.75) is 6.92 Å². The first-order chi connectivity index (χ1) is 7.29. The highest BCUT2D eigenvalue weighted by atomic mass is 14.9. The standard InChI is InChI=1S/C13H14N2/c1-10-3-5-11(6-4-10)12-7-8-13(14-2)15-9-12/h3-9H,1-2H3,(H,14,15). The first-order valence-corrected chi connectivity index (χ1v) is 5.00. The number of aryl methyl sites for hydroxylation is 1. The van der Waals surface area contributed by atoms with Crippen LogP contribution in [0.5, 0.6) is 0 Å². The molecule has 1 aromatic heterocycles. The molecule has 15 heavy (non-hydrogen) atoms. The molecule has 0 saturated heterocycles. The summed E-state index contributed by atoms with van der Waals surface area (Å²) in [6.07, 6.45) is 1.89. The van der Waals surface area contributed by atoms with Crippen molar-refractivity contribution >= 4 is 5.82 Å². The molecule has 0 radical (unpaired) electrons. The van der Waals surface area contributed by atoms with Crippen molar-refractivity contribution in [2.75, 3.05) is 12.4 Å². The van der Waals surface area contributed by atoms with Gasteiger partial charge in [0.05, 0.1) is 0 Å². The molecule has 0 aliphatic carbocycles. The maximum Gasteiger partial charge on any atom is 0.125 e. The largest absolute Gasteiger partial charge is 0.373 e. The Morgan fingerprint density at radius 2 is 1.60 bits per heavy atom. The highest BCUT2D eigenvalue weighted by Gasteiger charge is 1.97. The fourth-order valence-corrected chi connectivity index (χ4v) is 1.46. The van der Waals surface area contributed by atoms with E-state index in [1.165, 1.54) is 11.1 Å². The number of pyridine rings is 1. The van der Waals surface area contributed by atoms with Gasteiger partial charge in [0.15, 0.2) is 0 Å². The van der Waals surface area contributed by atoms with E-state index in [-0.39, 0.29) is 0 Å². The van der Waals surface area contributed by atoms with E-state index in [1.807, 2.05) is 19.3 Å². The second kappa shape index (κ2) is 4.13. The van der Waals surface area contributed by atoms with Crippen molar-refractivity contribution in [1.82, 2.24) is 4.98 Å². The van der Waals surface area contributed by atoms with E-state index in [1.54, 1.807) is 0 Å². The normalized spacial score (nSPS) is 10.0. The second-order valence-electron chi connectivity index (χ2n) is 3.55.